The summed E-state index contributed by atoms with van der Waals surface area (Å²) in [6, 6.07) is 11.8. The van der Waals surface area contributed by atoms with Gasteiger partial charge in [0.15, 0.2) is 0 Å². The predicted octanol–water partition coefficient (Wildman–Crippen LogP) is 1.93. The number of nitrogens with zero attached hydrogens (tertiary/aromatic N) is 4. The van der Waals surface area contributed by atoms with Crippen molar-refractivity contribution in [2.75, 3.05) is 13.1 Å². The van der Waals surface area contributed by atoms with E-state index in [4.69, 9.17) is 0 Å². The molecule has 2 N–H and O–H groups in total. The van der Waals surface area contributed by atoms with E-state index in [2.05, 4.69) is 15.4 Å². The molecule has 4 rings (SSSR count). The zero-order chi connectivity index (χ0) is 20.9. The molecule has 0 fully saturated rings. The molecule has 3 heterocycles. The van der Waals surface area contributed by atoms with Crippen molar-refractivity contribution in [1.29, 1.82) is 0 Å². The van der Waals surface area contributed by atoms with Crippen molar-refractivity contribution in [3.63, 3.8) is 0 Å². The van der Waals surface area contributed by atoms with E-state index in [9.17, 15) is 14.7 Å². The number of carbonyl (C=O) groups excluding carboxylic acids is 2. The van der Waals surface area contributed by atoms with Crippen LogP contribution < -0.4 is 5.32 Å². The lowest BCUT2D eigenvalue weighted by Gasteiger charge is -2.33. The van der Waals surface area contributed by atoms with Crippen LogP contribution in [0.3, 0.4) is 0 Å². The normalized spacial score (nSPS) is 15.5. The summed E-state index contributed by atoms with van der Waals surface area (Å²) in [6.07, 6.45) is 6.11. The summed E-state index contributed by atoms with van der Waals surface area (Å²) >= 11 is 0. The van der Waals surface area contributed by atoms with E-state index < -0.39 is 0 Å². The molecule has 2 amide bonds. The Morgan fingerprint density at radius 3 is 2.77 bits per heavy atom. The molecule has 0 saturated heterocycles. The number of phenols is 1. The summed E-state index contributed by atoms with van der Waals surface area (Å²) in [7, 11) is 0. The molecule has 0 spiro atoms. The Bertz CT molecular complexity index is 1030. The van der Waals surface area contributed by atoms with E-state index in [0.29, 0.717) is 25.2 Å². The number of phenolic OH excluding ortho intramolecular Hbond substituents is 1. The maximum absolute atomic E-state index is 12.9. The van der Waals surface area contributed by atoms with Gasteiger partial charge in [0.05, 0.1) is 24.7 Å². The fourth-order valence-electron chi connectivity index (χ4n) is 3.70. The molecule has 0 radical (unpaired) electrons. The van der Waals surface area contributed by atoms with Crippen molar-refractivity contribution < 1.29 is 14.7 Å². The average Bonchev–Trinajstić information content (AvgIpc) is 3.23. The molecule has 154 valence electrons. The molecule has 8 nitrogen and oxygen atoms in total. The SMILES string of the molecule is O=C(C[C@H]1CN(C(=O)c2cccc(O)c2)Cc2ccnn21)NCCc1ccncc1. The third-order valence-electron chi connectivity index (χ3n) is 5.17. The molecule has 8 heteroatoms. The highest BCUT2D eigenvalue weighted by Gasteiger charge is 2.30. The highest BCUT2D eigenvalue weighted by molar-refractivity contribution is 5.94. The van der Waals surface area contributed by atoms with Crippen LogP contribution in [-0.2, 0) is 17.8 Å². The zero-order valence-corrected chi connectivity index (χ0v) is 16.4. The summed E-state index contributed by atoms with van der Waals surface area (Å²) in [5, 5.41) is 17.0. The molecule has 2 aromatic heterocycles. The van der Waals surface area contributed by atoms with Gasteiger partial charge in [0.1, 0.15) is 5.75 Å². The first-order valence-corrected chi connectivity index (χ1v) is 9.86. The number of rotatable bonds is 6. The fourth-order valence-corrected chi connectivity index (χ4v) is 3.70. The van der Waals surface area contributed by atoms with Gasteiger partial charge in [0.2, 0.25) is 5.91 Å². The standard InChI is InChI=1S/C22H23N5O3/c28-20-3-1-2-17(12-20)22(30)26-14-18-7-11-25-27(18)19(15-26)13-21(29)24-10-6-16-4-8-23-9-5-16/h1-5,7-9,11-12,19,28H,6,10,13-15H2,(H,24,29)/t19-/m0/s1. The lowest BCUT2D eigenvalue weighted by molar-refractivity contribution is -0.122. The van der Waals surface area contributed by atoms with Crippen LogP contribution in [0.25, 0.3) is 0 Å². The summed E-state index contributed by atoms with van der Waals surface area (Å²) in [5.74, 6) is -0.211. The van der Waals surface area contributed by atoms with Crippen LogP contribution in [0.4, 0.5) is 0 Å². The summed E-state index contributed by atoms with van der Waals surface area (Å²) in [4.78, 5) is 31.1. The molecule has 30 heavy (non-hydrogen) atoms. The molecular formula is C22H23N5O3. The van der Waals surface area contributed by atoms with Crippen LogP contribution in [0.5, 0.6) is 5.75 Å². The number of aromatic nitrogens is 3. The second-order valence-corrected chi connectivity index (χ2v) is 7.32. The van der Waals surface area contributed by atoms with E-state index >= 15 is 0 Å². The first-order valence-electron chi connectivity index (χ1n) is 9.86. The summed E-state index contributed by atoms with van der Waals surface area (Å²) in [5.41, 5.74) is 2.41. The Morgan fingerprint density at radius 2 is 1.97 bits per heavy atom. The van der Waals surface area contributed by atoms with Crippen molar-refractivity contribution in [2.45, 2.75) is 25.4 Å². The van der Waals surface area contributed by atoms with Gasteiger partial charge in [-0.25, -0.2) is 0 Å². The second-order valence-electron chi connectivity index (χ2n) is 7.32. The smallest absolute Gasteiger partial charge is 0.254 e. The van der Waals surface area contributed by atoms with Crippen molar-refractivity contribution in [1.82, 2.24) is 25.0 Å². The zero-order valence-electron chi connectivity index (χ0n) is 16.4. The van der Waals surface area contributed by atoms with Gasteiger partial charge in [-0.2, -0.15) is 5.10 Å². The van der Waals surface area contributed by atoms with Crippen LogP contribution in [0.2, 0.25) is 0 Å². The monoisotopic (exact) mass is 405 g/mol. The lowest BCUT2D eigenvalue weighted by atomic mass is 10.1. The molecular weight excluding hydrogens is 382 g/mol. The van der Waals surface area contributed by atoms with Crippen molar-refractivity contribution >= 4 is 11.8 Å². The Morgan fingerprint density at radius 1 is 1.13 bits per heavy atom. The number of hydrogen-bond donors (Lipinski definition) is 2. The molecule has 1 atom stereocenters. The number of fused-ring (bicyclic) bond motifs is 1. The number of benzene rings is 1. The average molecular weight is 405 g/mol. The minimum Gasteiger partial charge on any atom is -0.508 e. The minimum absolute atomic E-state index is 0.0491. The Balaban J connectivity index is 1.40. The molecule has 1 aromatic carbocycles. The third-order valence-corrected chi connectivity index (χ3v) is 5.17. The quantitative estimate of drug-likeness (QED) is 0.653. The van der Waals surface area contributed by atoms with Gasteiger partial charge in [-0.3, -0.25) is 19.3 Å². The largest absolute Gasteiger partial charge is 0.508 e. The first-order chi connectivity index (χ1) is 14.6. The topological polar surface area (TPSA) is 100 Å². The van der Waals surface area contributed by atoms with Crippen molar-refractivity contribution in [3.8, 4) is 5.75 Å². The molecule has 0 saturated carbocycles. The van der Waals surface area contributed by atoms with Gasteiger partial charge < -0.3 is 15.3 Å². The molecule has 0 bridgehead atoms. The van der Waals surface area contributed by atoms with E-state index in [1.807, 2.05) is 22.9 Å². The van der Waals surface area contributed by atoms with Crippen LogP contribution in [0, 0.1) is 0 Å². The molecule has 0 unspecified atom stereocenters. The van der Waals surface area contributed by atoms with Crippen LogP contribution in [0.15, 0.2) is 61.1 Å². The third kappa shape index (κ3) is 4.48. The van der Waals surface area contributed by atoms with Gasteiger partial charge in [-0.1, -0.05) is 6.07 Å². The molecule has 3 aromatic rings. The molecule has 1 aliphatic rings. The van der Waals surface area contributed by atoms with Gasteiger partial charge in [-0.15, -0.1) is 0 Å². The maximum atomic E-state index is 12.9. The predicted molar refractivity (Wildman–Crippen MR) is 110 cm³/mol. The fraction of sp³-hybridized carbons (Fsp3) is 0.273. The van der Waals surface area contributed by atoms with Gasteiger partial charge in [0.25, 0.3) is 5.91 Å². The number of aromatic hydroxyl groups is 1. The first kappa shape index (κ1) is 19.6. The van der Waals surface area contributed by atoms with Crippen LogP contribution >= 0.6 is 0 Å². The number of nitrogens with one attached hydrogen (secondary N) is 1. The number of hydrogen-bond acceptors (Lipinski definition) is 5. The van der Waals surface area contributed by atoms with E-state index in [1.165, 1.54) is 12.1 Å². The number of carbonyl (C=O) groups is 2. The van der Waals surface area contributed by atoms with Crippen LogP contribution in [-0.4, -0.2) is 49.7 Å². The Kier molecular flexibility index (Phi) is 5.74. The maximum Gasteiger partial charge on any atom is 0.254 e. The molecule has 1 aliphatic heterocycles. The molecule has 0 aliphatic carbocycles. The highest BCUT2D eigenvalue weighted by Crippen LogP contribution is 2.25. The van der Waals surface area contributed by atoms with E-state index in [1.54, 1.807) is 35.6 Å². The van der Waals surface area contributed by atoms with E-state index in [-0.39, 0.29) is 30.0 Å². The minimum atomic E-state index is -0.245. The summed E-state index contributed by atoms with van der Waals surface area (Å²) < 4.78 is 1.83. The number of pyridine rings is 1. The summed E-state index contributed by atoms with van der Waals surface area (Å²) in [6.45, 7) is 1.32. The second kappa shape index (κ2) is 8.77. The van der Waals surface area contributed by atoms with Gasteiger partial charge in [-0.05, 0) is 48.4 Å². The number of amides is 2. The van der Waals surface area contributed by atoms with Crippen molar-refractivity contribution in [2.24, 2.45) is 0 Å². The Labute approximate surface area is 174 Å². The lowest BCUT2D eigenvalue weighted by Crippen LogP contribution is -2.43. The van der Waals surface area contributed by atoms with Gasteiger partial charge >= 0.3 is 0 Å². The van der Waals surface area contributed by atoms with Crippen LogP contribution in [0.1, 0.15) is 34.1 Å². The highest BCUT2D eigenvalue weighted by atomic mass is 16.3. The Hall–Kier alpha value is -3.68. The van der Waals surface area contributed by atoms with E-state index in [0.717, 1.165) is 17.7 Å². The van der Waals surface area contributed by atoms with Crippen molar-refractivity contribution in [3.05, 3.63) is 77.9 Å². The van der Waals surface area contributed by atoms with Gasteiger partial charge in [0, 0.05) is 37.2 Å².